The predicted octanol–water partition coefficient (Wildman–Crippen LogP) is 4.71. The van der Waals surface area contributed by atoms with Crippen molar-refractivity contribution in [1.29, 1.82) is 0 Å². The standard InChI is InChI=1S/C26H25N3O2/c1-16-7-8-22(19(4)11-16)23-24(28-21-12-17(2)10-18(3)13-21)26(31)29(25(23)30)15-20-6-5-9-27-14-20/h5-14,28H,15H2,1-4H3. The van der Waals surface area contributed by atoms with Gasteiger partial charge in [0.1, 0.15) is 5.70 Å². The van der Waals surface area contributed by atoms with Crippen molar-refractivity contribution in [2.24, 2.45) is 0 Å². The number of imide groups is 1. The van der Waals surface area contributed by atoms with E-state index in [1.54, 1.807) is 18.5 Å². The molecule has 0 saturated heterocycles. The van der Waals surface area contributed by atoms with Crippen molar-refractivity contribution in [2.45, 2.75) is 34.2 Å². The first-order valence-electron chi connectivity index (χ1n) is 10.3. The van der Waals surface area contributed by atoms with E-state index in [0.29, 0.717) is 11.3 Å². The van der Waals surface area contributed by atoms with E-state index in [2.05, 4.69) is 16.4 Å². The number of nitrogens with zero attached hydrogens (tertiary/aromatic N) is 2. The molecule has 2 heterocycles. The number of carbonyl (C=O) groups excluding carboxylic acids is 2. The molecule has 1 aromatic heterocycles. The SMILES string of the molecule is Cc1cc(C)cc(NC2=C(c3ccc(C)cc3C)C(=O)N(Cc3cccnc3)C2=O)c1. The molecule has 2 aromatic carbocycles. The average molecular weight is 412 g/mol. The molecule has 5 nitrogen and oxygen atoms in total. The van der Waals surface area contributed by atoms with Gasteiger partial charge in [-0.1, -0.05) is 35.9 Å². The highest BCUT2D eigenvalue weighted by atomic mass is 16.2. The summed E-state index contributed by atoms with van der Waals surface area (Å²) in [6.45, 7) is 8.17. The number of hydrogen-bond acceptors (Lipinski definition) is 4. The molecule has 0 aliphatic carbocycles. The maximum absolute atomic E-state index is 13.5. The highest BCUT2D eigenvalue weighted by Gasteiger charge is 2.39. The number of pyridine rings is 1. The van der Waals surface area contributed by atoms with Crippen LogP contribution >= 0.6 is 0 Å². The van der Waals surface area contributed by atoms with Gasteiger partial charge in [-0.3, -0.25) is 19.5 Å². The zero-order chi connectivity index (χ0) is 22.1. The molecule has 0 unspecified atom stereocenters. The van der Waals surface area contributed by atoms with Crippen LogP contribution in [0.4, 0.5) is 5.69 Å². The first-order valence-corrected chi connectivity index (χ1v) is 10.3. The van der Waals surface area contributed by atoms with Gasteiger partial charge >= 0.3 is 0 Å². The third-order valence-electron chi connectivity index (χ3n) is 5.37. The normalized spacial score (nSPS) is 13.9. The molecule has 4 rings (SSSR count). The van der Waals surface area contributed by atoms with Gasteiger partial charge in [0, 0.05) is 18.1 Å². The zero-order valence-electron chi connectivity index (χ0n) is 18.2. The summed E-state index contributed by atoms with van der Waals surface area (Å²) in [6.07, 6.45) is 3.34. The molecule has 31 heavy (non-hydrogen) atoms. The minimum atomic E-state index is -0.331. The molecule has 0 fully saturated rings. The van der Waals surface area contributed by atoms with Crippen molar-refractivity contribution in [2.75, 3.05) is 5.32 Å². The molecule has 1 aliphatic heterocycles. The second kappa shape index (κ2) is 8.19. The van der Waals surface area contributed by atoms with E-state index in [1.807, 2.05) is 64.1 Å². The molecule has 0 radical (unpaired) electrons. The zero-order valence-corrected chi connectivity index (χ0v) is 18.2. The third-order valence-corrected chi connectivity index (χ3v) is 5.37. The summed E-state index contributed by atoms with van der Waals surface area (Å²) >= 11 is 0. The van der Waals surface area contributed by atoms with Gasteiger partial charge in [0.25, 0.3) is 11.8 Å². The van der Waals surface area contributed by atoms with E-state index in [1.165, 1.54) is 4.90 Å². The van der Waals surface area contributed by atoms with Crippen molar-refractivity contribution < 1.29 is 9.59 Å². The van der Waals surface area contributed by atoms with E-state index in [4.69, 9.17) is 0 Å². The second-order valence-corrected chi connectivity index (χ2v) is 8.13. The Hall–Kier alpha value is -3.73. The molecule has 0 spiro atoms. The van der Waals surface area contributed by atoms with Gasteiger partial charge in [-0.2, -0.15) is 0 Å². The van der Waals surface area contributed by atoms with Crippen LogP contribution in [0.2, 0.25) is 0 Å². The summed E-state index contributed by atoms with van der Waals surface area (Å²) in [4.78, 5) is 32.3. The Kier molecular flexibility index (Phi) is 5.42. The summed E-state index contributed by atoms with van der Waals surface area (Å²) in [6, 6.07) is 15.6. The van der Waals surface area contributed by atoms with Gasteiger partial charge in [0.05, 0.1) is 12.1 Å². The van der Waals surface area contributed by atoms with Crippen LogP contribution < -0.4 is 5.32 Å². The monoisotopic (exact) mass is 411 g/mol. The maximum Gasteiger partial charge on any atom is 0.278 e. The van der Waals surface area contributed by atoms with Gasteiger partial charge in [-0.25, -0.2) is 0 Å². The van der Waals surface area contributed by atoms with Gasteiger partial charge in [-0.15, -0.1) is 0 Å². The van der Waals surface area contributed by atoms with E-state index in [-0.39, 0.29) is 18.4 Å². The van der Waals surface area contributed by atoms with Crippen LogP contribution in [0.25, 0.3) is 5.57 Å². The fraction of sp³-hybridized carbons (Fsp3) is 0.192. The minimum absolute atomic E-state index is 0.179. The third kappa shape index (κ3) is 4.12. The number of aryl methyl sites for hydroxylation is 4. The Morgan fingerprint density at radius 2 is 1.61 bits per heavy atom. The number of anilines is 1. The fourth-order valence-corrected chi connectivity index (χ4v) is 4.04. The quantitative estimate of drug-likeness (QED) is 0.618. The van der Waals surface area contributed by atoms with Gasteiger partial charge in [0.2, 0.25) is 0 Å². The number of rotatable bonds is 5. The lowest BCUT2D eigenvalue weighted by Crippen LogP contribution is -2.32. The number of benzene rings is 2. The lowest BCUT2D eigenvalue weighted by Gasteiger charge is -2.15. The van der Waals surface area contributed by atoms with Crippen molar-refractivity contribution in [1.82, 2.24) is 9.88 Å². The summed E-state index contributed by atoms with van der Waals surface area (Å²) in [5, 5.41) is 3.26. The molecule has 0 atom stereocenters. The largest absolute Gasteiger partial charge is 0.350 e. The summed E-state index contributed by atoms with van der Waals surface area (Å²) in [5.74, 6) is -0.629. The number of amides is 2. The molecular weight excluding hydrogens is 386 g/mol. The smallest absolute Gasteiger partial charge is 0.278 e. The van der Waals surface area contributed by atoms with Crippen LogP contribution in [-0.2, 0) is 16.1 Å². The number of nitrogens with one attached hydrogen (secondary N) is 1. The molecule has 1 aliphatic rings. The maximum atomic E-state index is 13.5. The summed E-state index contributed by atoms with van der Waals surface area (Å²) in [7, 11) is 0. The van der Waals surface area contributed by atoms with E-state index in [0.717, 1.165) is 39.1 Å². The molecular formula is C26H25N3O2. The van der Waals surface area contributed by atoms with Gasteiger partial charge in [0.15, 0.2) is 0 Å². The highest BCUT2D eigenvalue weighted by molar-refractivity contribution is 6.36. The Labute approximate surface area is 182 Å². The number of hydrogen-bond donors (Lipinski definition) is 1. The van der Waals surface area contributed by atoms with Crippen molar-refractivity contribution in [3.05, 3.63) is 100 Å². The molecule has 156 valence electrons. The number of carbonyl (C=O) groups is 2. The van der Waals surface area contributed by atoms with Crippen molar-refractivity contribution in [3.63, 3.8) is 0 Å². The van der Waals surface area contributed by atoms with Crippen LogP contribution in [-0.4, -0.2) is 21.7 Å². The van der Waals surface area contributed by atoms with Crippen molar-refractivity contribution in [3.8, 4) is 0 Å². The van der Waals surface area contributed by atoms with Crippen LogP contribution in [0.3, 0.4) is 0 Å². The van der Waals surface area contributed by atoms with Gasteiger partial charge in [-0.05, 0) is 73.7 Å². The molecule has 5 heteroatoms. The van der Waals surface area contributed by atoms with Crippen LogP contribution in [0.1, 0.15) is 33.4 Å². The Morgan fingerprint density at radius 3 is 2.26 bits per heavy atom. The van der Waals surface area contributed by atoms with Crippen LogP contribution in [0.15, 0.2) is 66.6 Å². The fourth-order valence-electron chi connectivity index (χ4n) is 4.04. The van der Waals surface area contributed by atoms with E-state index >= 15 is 0 Å². The Bertz CT molecular complexity index is 1190. The molecule has 0 bridgehead atoms. The lowest BCUT2D eigenvalue weighted by atomic mass is 9.97. The first-order chi connectivity index (χ1) is 14.8. The van der Waals surface area contributed by atoms with Crippen molar-refractivity contribution >= 4 is 23.1 Å². The molecule has 3 aromatic rings. The Balaban J connectivity index is 1.80. The van der Waals surface area contributed by atoms with E-state index < -0.39 is 0 Å². The summed E-state index contributed by atoms with van der Waals surface area (Å²) < 4.78 is 0. The average Bonchev–Trinajstić information content (AvgIpc) is 2.93. The molecule has 2 amide bonds. The second-order valence-electron chi connectivity index (χ2n) is 8.13. The van der Waals surface area contributed by atoms with Crippen LogP contribution in [0, 0.1) is 27.7 Å². The minimum Gasteiger partial charge on any atom is -0.350 e. The van der Waals surface area contributed by atoms with Crippen LogP contribution in [0.5, 0.6) is 0 Å². The predicted molar refractivity (Wildman–Crippen MR) is 122 cm³/mol. The Morgan fingerprint density at radius 1 is 0.871 bits per heavy atom. The number of aromatic nitrogens is 1. The highest BCUT2D eigenvalue weighted by Crippen LogP contribution is 2.33. The summed E-state index contributed by atoms with van der Waals surface area (Å²) in [5.41, 5.74) is 7.31. The molecule has 0 saturated carbocycles. The topological polar surface area (TPSA) is 62.3 Å². The molecule has 1 N–H and O–H groups in total. The lowest BCUT2D eigenvalue weighted by molar-refractivity contribution is -0.137. The van der Waals surface area contributed by atoms with E-state index in [9.17, 15) is 9.59 Å². The van der Waals surface area contributed by atoms with Gasteiger partial charge < -0.3 is 5.32 Å². The first kappa shape index (κ1) is 20.5.